The van der Waals surface area contributed by atoms with Gasteiger partial charge < -0.3 is 35.8 Å². The maximum Gasteiger partial charge on any atom is 0.326 e. The monoisotopic (exact) mass is 751 g/mol. The first-order valence-electron chi connectivity index (χ1n) is 19.1. The fourth-order valence-electron chi connectivity index (χ4n) is 7.04. The Bertz CT molecular complexity index is 1910. The van der Waals surface area contributed by atoms with Crippen molar-refractivity contribution < 1.29 is 29.1 Å². The number of carboxylic acid groups (broad SMARTS) is 1. The van der Waals surface area contributed by atoms with Crippen LogP contribution in [0.1, 0.15) is 62.8 Å². The standard InChI is InChI=1S/C42H53N7O6/c1-28(2)23-33(47-42(55)49-21-13-4-5-14-22-49)38(50)44-34(25-30-27-48(3)37-19-10-9-18-32(30)37)39(51)45-35(26-31-17-11-12-20-43-31)40(52)46-36(41(53)54)24-29-15-7-6-8-16-29/h6-12,15-20,27-28,33-36H,4-5,13-14,21-26H2,1-3H3,(H,44,50)(H,45,51)(H,46,52)(H,47,55)(H,53,54)/t33-,34+,35+,36-/m0/s1. The SMILES string of the molecule is CC(C)C[C@H](NC(=O)N1CCCCCC1)C(=O)N[C@H](Cc1cn(C)c2ccccc12)C(=O)N[C@H](Cc1ccccn1)C(=O)N[C@@H](Cc1ccccc1)C(=O)O. The van der Waals surface area contributed by atoms with E-state index in [1.54, 1.807) is 53.6 Å². The molecule has 292 valence electrons. The molecule has 1 fully saturated rings. The van der Waals surface area contributed by atoms with E-state index in [2.05, 4.69) is 26.3 Å². The van der Waals surface area contributed by atoms with Crippen molar-refractivity contribution in [3.05, 3.63) is 102 Å². The predicted molar refractivity (Wildman–Crippen MR) is 210 cm³/mol. The molecule has 0 aliphatic carbocycles. The summed E-state index contributed by atoms with van der Waals surface area (Å²) in [7, 11) is 1.90. The van der Waals surface area contributed by atoms with Crippen molar-refractivity contribution in [3.63, 3.8) is 0 Å². The molecule has 0 bridgehead atoms. The fourth-order valence-corrected chi connectivity index (χ4v) is 7.04. The van der Waals surface area contributed by atoms with Crippen molar-refractivity contribution in [2.24, 2.45) is 13.0 Å². The minimum atomic E-state index is -1.27. The van der Waals surface area contributed by atoms with E-state index in [0.29, 0.717) is 25.2 Å². The second-order valence-corrected chi connectivity index (χ2v) is 14.8. The van der Waals surface area contributed by atoms with Gasteiger partial charge >= 0.3 is 12.0 Å². The van der Waals surface area contributed by atoms with Gasteiger partial charge in [0.15, 0.2) is 0 Å². The topological polar surface area (TPSA) is 175 Å². The van der Waals surface area contributed by atoms with Gasteiger partial charge in [0.05, 0.1) is 0 Å². The number of rotatable bonds is 16. The van der Waals surface area contributed by atoms with Gasteiger partial charge in [0.1, 0.15) is 24.2 Å². The van der Waals surface area contributed by atoms with Gasteiger partial charge in [-0.15, -0.1) is 0 Å². The highest BCUT2D eigenvalue weighted by atomic mass is 16.4. The number of carbonyl (C=O) groups is 5. The Labute approximate surface area is 322 Å². The highest BCUT2D eigenvalue weighted by Gasteiger charge is 2.33. The Morgan fingerprint density at radius 2 is 1.29 bits per heavy atom. The third kappa shape index (κ3) is 11.6. The van der Waals surface area contributed by atoms with Gasteiger partial charge in [0.25, 0.3) is 0 Å². The number of hydrogen-bond acceptors (Lipinski definition) is 6. The second kappa shape index (κ2) is 19.6. The van der Waals surface area contributed by atoms with Crippen LogP contribution in [-0.2, 0) is 45.5 Å². The molecule has 2 aromatic carbocycles. The van der Waals surface area contributed by atoms with Crippen LogP contribution in [0.5, 0.6) is 0 Å². The molecule has 1 aliphatic rings. The van der Waals surface area contributed by atoms with Crippen LogP contribution >= 0.6 is 0 Å². The summed E-state index contributed by atoms with van der Waals surface area (Å²) >= 11 is 0. The van der Waals surface area contributed by atoms with Crippen molar-refractivity contribution in [2.45, 2.75) is 89.4 Å². The number of nitrogens with one attached hydrogen (secondary N) is 4. The van der Waals surface area contributed by atoms with Crippen molar-refractivity contribution in [2.75, 3.05) is 13.1 Å². The van der Waals surface area contributed by atoms with Gasteiger partial charge in [-0.3, -0.25) is 19.4 Å². The number of likely N-dealkylation sites (tertiary alicyclic amines) is 1. The number of carboxylic acids is 1. The predicted octanol–water partition coefficient (Wildman–Crippen LogP) is 4.14. The first-order valence-corrected chi connectivity index (χ1v) is 19.1. The normalized spacial score (nSPS) is 15.3. The number of aryl methyl sites for hydroxylation is 1. The van der Waals surface area contributed by atoms with Crippen LogP contribution in [0, 0.1) is 5.92 Å². The van der Waals surface area contributed by atoms with E-state index in [4.69, 9.17) is 0 Å². The van der Waals surface area contributed by atoms with Crippen LogP contribution in [0.25, 0.3) is 10.9 Å². The van der Waals surface area contributed by atoms with E-state index < -0.39 is 47.9 Å². The average Bonchev–Trinajstić information content (AvgIpc) is 3.30. The average molecular weight is 752 g/mol. The third-order valence-corrected chi connectivity index (χ3v) is 9.92. The summed E-state index contributed by atoms with van der Waals surface area (Å²) in [5, 5.41) is 22.3. The molecule has 0 saturated carbocycles. The van der Waals surface area contributed by atoms with Crippen molar-refractivity contribution in [1.82, 2.24) is 35.7 Å². The quantitative estimate of drug-likeness (QED) is 0.114. The number of urea groups is 1. The number of fused-ring (bicyclic) bond motifs is 1. The van der Waals surface area contributed by atoms with Gasteiger partial charge in [0, 0.05) is 68.4 Å². The largest absolute Gasteiger partial charge is 0.480 e. The summed E-state index contributed by atoms with van der Waals surface area (Å²) in [5.41, 5.74) is 2.96. The first kappa shape index (κ1) is 40.5. The minimum Gasteiger partial charge on any atom is -0.480 e. The molecule has 4 atom stereocenters. The third-order valence-electron chi connectivity index (χ3n) is 9.92. The van der Waals surface area contributed by atoms with Crippen molar-refractivity contribution in [1.29, 1.82) is 0 Å². The Balaban J connectivity index is 1.42. The summed E-state index contributed by atoms with van der Waals surface area (Å²) < 4.78 is 1.94. The molecule has 5 amide bonds. The van der Waals surface area contributed by atoms with Gasteiger partial charge in [0.2, 0.25) is 17.7 Å². The van der Waals surface area contributed by atoms with Gasteiger partial charge in [-0.05, 0) is 54.5 Å². The zero-order valence-corrected chi connectivity index (χ0v) is 31.9. The first-order chi connectivity index (χ1) is 26.5. The molecule has 0 spiro atoms. The van der Waals surface area contributed by atoms with Crippen LogP contribution in [0.15, 0.2) is 85.2 Å². The van der Waals surface area contributed by atoms with Crippen LogP contribution in [-0.4, -0.2) is 86.5 Å². The van der Waals surface area contributed by atoms with Gasteiger partial charge in [-0.1, -0.05) is 81.3 Å². The molecule has 1 saturated heterocycles. The second-order valence-electron chi connectivity index (χ2n) is 14.8. The molecule has 3 heterocycles. The highest BCUT2D eigenvalue weighted by Crippen LogP contribution is 2.22. The van der Waals surface area contributed by atoms with E-state index in [1.807, 2.05) is 62.0 Å². The number of benzene rings is 2. The summed E-state index contributed by atoms with van der Waals surface area (Å²) in [6.07, 6.45) is 7.79. The molecule has 2 aromatic heterocycles. The number of aliphatic carboxylic acids is 1. The zero-order chi connectivity index (χ0) is 39.3. The summed E-state index contributed by atoms with van der Waals surface area (Å²) in [5.74, 6) is -3.04. The number of pyridine rings is 1. The summed E-state index contributed by atoms with van der Waals surface area (Å²) in [4.78, 5) is 74.4. The Morgan fingerprint density at radius 1 is 0.691 bits per heavy atom. The molecule has 0 radical (unpaired) electrons. The number of hydrogen-bond donors (Lipinski definition) is 5. The fraction of sp³-hybridized carbons (Fsp3) is 0.429. The van der Waals surface area contributed by atoms with Crippen LogP contribution in [0.2, 0.25) is 0 Å². The molecule has 13 heteroatoms. The minimum absolute atomic E-state index is 0.0340. The van der Waals surface area contributed by atoms with E-state index in [1.165, 1.54) is 0 Å². The molecule has 5 N–H and O–H groups in total. The van der Waals surface area contributed by atoms with Gasteiger partial charge in [-0.2, -0.15) is 0 Å². The molecular formula is C42H53N7O6. The maximum atomic E-state index is 14.4. The summed E-state index contributed by atoms with van der Waals surface area (Å²) in [6, 6.07) is 17.0. The Kier molecular flexibility index (Phi) is 14.4. The number of nitrogens with zero attached hydrogens (tertiary/aromatic N) is 3. The lowest BCUT2D eigenvalue weighted by Gasteiger charge is -2.28. The van der Waals surface area contributed by atoms with Crippen molar-refractivity contribution in [3.8, 4) is 0 Å². The lowest BCUT2D eigenvalue weighted by Crippen LogP contribution is -2.59. The number of carbonyl (C=O) groups excluding carboxylic acids is 4. The maximum absolute atomic E-state index is 14.4. The Hall–Kier alpha value is -5.72. The molecule has 5 rings (SSSR count). The molecule has 13 nitrogen and oxygen atoms in total. The molecule has 55 heavy (non-hydrogen) atoms. The number of amides is 5. The molecule has 4 aromatic rings. The number of aromatic nitrogens is 2. The van der Waals surface area contributed by atoms with Gasteiger partial charge in [-0.25, -0.2) is 9.59 Å². The smallest absolute Gasteiger partial charge is 0.326 e. The molecular weight excluding hydrogens is 699 g/mol. The number of para-hydroxylation sites is 1. The van der Waals surface area contributed by atoms with Crippen LogP contribution in [0.4, 0.5) is 4.79 Å². The van der Waals surface area contributed by atoms with Crippen LogP contribution in [0.3, 0.4) is 0 Å². The van der Waals surface area contributed by atoms with Crippen molar-refractivity contribution >= 4 is 40.6 Å². The molecule has 0 unspecified atom stereocenters. The lowest BCUT2D eigenvalue weighted by atomic mass is 10.00. The van der Waals surface area contributed by atoms with E-state index in [-0.39, 0.29) is 31.2 Å². The van der Waals surface area contributed by atoms with E-state index >= 15 is 0 Å². The zero-order valence-electron chi connectivity index (χ0n) is 31.9. The summed E-state index contributed by atoms with van der Waals surface area (Å²) in [6.45, 7) is 5.15. The molecule has 1 aliphatic heterocycles. The van der Waals surface area contributed by atoms with E-state index in [0.717, 1.165) is 47.7 Å². The van der Waals surface area contributed by atoms with E-state index in [9.17, 15) is 29.1 Å². The van der Waals surface area contributed by atoms with Crippen LogP contribution < -0.4 is 21.3 Å². The lowest BCUT2D eigenvalue weighted by molar-refractivity contribution is -0.142. The highest BCUT2D eigenvalue weighted by molar-refractivity contribution is 5.96. The Morgan fingerprint density at radius 3 is 1.93 bits per heavy atom.